The van der Waals surface area contributed by atoms with Crippen molar-refractivity contribution < 1.29 is 9.59 Å². The molecule has 0 heterocycles. The van der Waals surface area contributed by atoms with Crippen LogP contribution in [0.4, 0.5) is 0 Å². The fourth-order valence-corrected chi connectivity index (χ4v) is 5.33. The third kappa shape index (κ3) is 2.87. The van der Waals surface area contributed by atoms with E-state index in [0.29, 0.717) is 36.4 Å². The van der Waals surface area contributed by atoms with E-state index in [0.717, 1.165) is 17.4 Å². The highest BCUT2D eigenvalue weighted by molar-refractivity contribution is 5.94. The summed E-state index contributed by atoms with van der Waals surface area (Å²) in [6.07, 6.45) is 7.38. The lowest BCUT2D eigenvalue weighted by molar-refractivity contribution is -0.109. The van der Waals surface area contributed by atoms with Gasteiger partial charge in [-0.25, -0.2) is 0 Å². The predicted octanol–water partition coefficient (Wildman–Crippen LogP) is 2.49. The summed E-state index contributed by atoms with van der Waals surface area (Å²) in [5.41, 5.74) is 1.72. The van der Waals surface area contributed by atoms with Crippen molar-refractivity contribution in [3.05, 3.63) is 35.4 Å². The van der Waals surface area contributed by atoms with Gasteiger partial charge in [0.1, 0.15) is 0 Å². The highest BCUT2D eigenvalue weighted by atomic mass is 16.1. The van der Waals surface area contributed by atoms with Crippen LogP contribution >= 0.6 is 0 Å². The molecule has 0 atom stereocenters. The quantitative estimate of drug-likeness (QED) is 0.821. The minimum Gasteiger partial charge on any atom is -0.355 e. The lowest BCUT2D eigenvalue weighted by Gasteiger charge is -2.54. The zero-order chi connectivity index (χ0) is 15.8. The van der Waals surface area contributed by atoms with Crippen molar-refractivity contribution in [3.8, 4) is 0 Å². The van der Waals surface area contributed by atoms with Crippen LogP contribution in [0.2, 0.25) is 0 Å². The van der Waals surface area contributed by atoms with Crippen molar-refractivity contribution in [3.63, 3.8) is 0 Å². The van der Waals surface area contributed by atoms with Gasteiger partial charge < -0.3 is 10.6 Å². The van der Waals surface area contributed by atoms with Gasteiger partial charge in [-0.1, -0.05) is 12.1 Å². The Morgan fingerprint density at radius 3 is 2.17 bits per heavy atom. The molecule has 2 amide bonds. The van der Waals surface area contributed by atoms with E-state index in [1.165, 1.54) is 32.1 Å². The molecule has 0 unspecified atom stereocenters. The third-order valence-corrected chi connectivity index (χ3v) is 6.13. The van der Waals surface area contributed by atoms with Crippen LogP contribution in [0.1, 0.15) is 48.0 Å². The van der Waals surface area contributed by atoms with Crippen molar-refractivity contribution in [2.75, 3.05) is 0 Å². The standard InChI is InChI=1S/C19H24N2O2/c22-11-20-10-12-1-3-15(4-2-12)19(23)21-18-16-6-13-5-14(8-16)9-17(18)7-13/h1-4,11,13-14,16-18H,5-10H2,(H,20,22)(H,21,23). The van der Waals surface area contributed by atoms with Crippen molar-refractivity contribution in [1.29, 1.82) is 0 Å². The van der Waals surface area contributed by atoms with Crippen LogP contribution in [0.3, 0.4) is 0 Å². The topological polar surface area (TPSA) is 58.2 Å². The maximum atomic E-state index is 12.6. The molecule has 0 radical (unpaired) electrons. The molecule has 1 aromatic rings. The van der Waals surface area contributed by atoms with Gasteiger partial charge in [-0.05, 0) is 73.5 Å². The Labute approximate surface area is 137 Å². The number of carbonyl (C=O) groups excluding carboxylic acids is 2. The van der Waals surface area contributed by atoms with Crippen LogP contribution < -0.4 is 10.6 Å². The maximum Gasteiger partial charge on any atom is 0.251 e. The van der Waals surface area contributed by atoms with Gasteiger partial charge in [-0.3, -0.25) is 9.59 Å². The largest absolute Gasteiger partial charge is 0.355 e. The number of amides is 2. The van der Waals surface area contributed by atoms with Crippen LogP contribution in [0.25, 0.3) is 0 Å². The van der Waals surface area contributed by atoms with Crippen LogP contribution in [-0.4, -0.2) is 18.4 Å². The molecule has 23 heavy (non-hydrogen) atoms. The van der Waals surface area contributed by atoms with Gasteiger partial charge in [-0.2, -0.15) is 0 Å². The molecule has 4 heteroatoms. The zero-order valence-corrected chi connectivity index (χ0v) is 13.3. The van der Waals surface area contributed by atoms with Gasteiger partial charge in [0.25, 0.3) is 5.91 Å². The summed E-state index contributed by atoms with van der Waals surface area (Å²) in [5.74, 6) is 3.31. The van der Waals surface area contributed by atoms with Crippen molar-refractivity contribution >= 4 is 12.3 Å². The molecule has 122 valence electrons. The first-order valence-corrected chi connectivity index (χ1v) is 8.79. The maximum absolute atomic E-state index is 12.6. The highest BCUT2D eigenvalue weighted by Crippen LogP contribution is 2.53. The number of hydrogen-bond donors (Lipinski definition) is 2. The van der Waals surface area contributed by atoms with E-state index in [2.05, 4.69) is 10.6 Å². The molecular weight excluding hydrogens is 288 g/mol. The van der Waals surface area contributed by atoms with Gasteiger partial charge >= 0.3 is 0 Å². The fourth-order valence-electron chi connectivity index (χ4n) is 5.33. The molecule has 0 saturated heterocycles. The Hall–Kier alpha value is -1.84. The smallest absolute Gasteiger partial charge is 0.251 e. The summed E-state index contributed by atoms with van der Waals surface area (Å²) >= 11 is 0. The molecule has 5 rings (SSSR count). The second-order valence-corrected chi connectivity index (χ2v) is 7.63. The van der Waals surface area contributed by atoms with Gasteiger partial charge in [-0.15, -0.1) is 0 Å². The van der Waals surface area contributed by atoms with E-state index >= 15 is 0 Å². The number of nitrogens with one attached hydrogen (secondary N) is 2. The minimum atomic E-state index is 0.0531. The van der Waals surface area contributed by atoms with Crippen LogP contribution in [0, 0.1) is 23.7 Å². The molecule has 4 aliphatic carbocycles. The van der Waals surface area contributed by atoms with Crippen LogP contribution in [0.5, 0.6) is 0 Å². The summed E-state index contributed by atoms with van der Waals surface area (Å²) in [5, 5.41) is 5.96. The van der Waals surface area contributed by atoms with E-state index in [4.69, 9.17) is 0 Å². The summed E-state index contributed by atoms with van der Waals surface area (Å²) in [4.78, 5) is 22.9. The van der Waals surface area contributed by atoms with E-state index in [1.807, 2.05) is 24.3 Å². The summed E-state index contributed by atoms with van der Waals surface area (Å²) in [7, 11) is 0. The average Bonchev–Trinajstić information content (AvgIpc) is 2.56. The highest BCUT2D eigenvalue weighted by Gasteiger charge is 2.48. The Bertz CT molecular complexity index is 568. The van der Waals surface area contributed by atoms with Crippen LogP contribution in [-0.2, 0) is 11.3 Å². The van der Waals surface area contributed by atoms with Gasteiger partial charge in [0, 0.05) is 18.2 Å². The number of rotatable bonds is 5. The Morgan fingerprint density at radius 2 is 1.61 bits per heavy atom. The molecule has 4 fully saturated rings. The first-order chi connectivity index (χ1) is 11.2. The molecular formula is C19H24N2O2. The van der Waals surface area contributed by atoms with Gasteiger partial charge in [0.15, 0.2) is 0 Å². The fraction of sp³-hybridized carbons (Fsp3) is 0.579. The monoisotopic (exact) mass is 312 g/mol. The summed E-state index contributed by atoms with van der Waals surface area (Å²) in [6.45, 7) is 0.501. The molecule has 4 saturated carbocycles. The van der Waals surface area contributed by atoms with Gasteiger partial charge in [0.05, 0.1) is 0 Å². The normalized spacial score (nSPS) is 34.2. The molecule has 2 N–H and O–H groups in total. The molecule has 0 aromatic heterocycles. The van der Waals surface area contributed by atoms with Crippen LogP contribution in [0.15, 0.2) is 24.3 Å². The molecule has 4 nitrogen and oxygen atoms in total. The Balaban J connectivity index is 1.41. The second kappa shape index (κ2) is 5.99. The number of hydrogen-bond acceptors (Lipinski definition) is 2. The van der Waals surface area contributed by atoms with Crippen molar-refractivity contribution in [2.45, 2.75) is 44.7 Å². The predicted molar refractivity (Wildman–Crippen MR) is 87.6 cm³/mol. The second-order valence-electron chi connectivity index (χ2n) is 7.63. The first-order valence-electron chi connectivity index (χ1n) is 8.79. The Morgan fingerprint density at radius 1 is 1.00 bits per heavy atom. The summed E-state index contributed by atoms with van der Waals surface area (Å²) < 4.78 is 0. The van der Waals surface area contributed by atoms with Crippen molar-refractivity contribution in [1.82, 2.24) is 10.6 Å². The van der Waals surface area contributed by atoms with E-state index in [1.54, 1.807) is 0 Å². The Kier molecular flexibility index (Phi) is 3.83. The number of carbonyl (C=O) groups is 2. The van der Waals surface area contributed by atoms with E-state index < -0.39 is 0 Å². The molecule has 0 aliphatic heterocycles. The third-order valence-electron chi connectivity index (χ3n) is 6.13. The lowest BCUT2D eigenvalue weighted by atomic mass is 9.54. The SMILES string of the molecule is O=CNCc1ccc(C(=O)NC2C3CC4CC(C3)CC2C4)cc1. The lowest BCUT2D eigenvalue weighted by Crippen LogP contribution is -2.55. The molecule has 4 aliphatic rings. The molecule has 1 aromatic carbocycles. The van der Waals surface area contributed by atoms with Crippen molar-refractivity contribution in [2.24, 2.45) is 23.7 Å². The van der Waals surface area contributed by atoms with E-state index in [-0.39, 0.29) is 5.91 Å². The average molecular weight is 312 g/mol. The first kappa shape index (κ1) is 14.7. The number of benzene rings is 1. The molecule has 0 spiro atoms. The van der Waals surface area contributed by atoms with Gasteiger partial charge in [0.2, 0.25) is 6.41 Å². The minimum absolute atomic E-state index is 0.0531. The summed E-state index contributed by atoms with van der Waals surface area (Å²) in [6, 6.07) is 7.90. The van der Waals surface area contributed by atoms with E-state index in [9.17, 15) is 9.59 Å². The molecule has 4 bridgehead atoms. The zero-order valence-electron chi connectivity index (χ0n) is 13.3.